The minimum absolute atomic E-state index is 0.0271. The van der Waals surface area contributed by atoms with Gasteiger partial charge in [0, 0.05) is 30.0 Å². The number of alkyl halides is 2. The fraction of sp³-hybridized carbons (Fsp3) is 0.212. The number of carboxylic acid groups (broad SMARTS) is 1. The monoisotopic (exact) mass is 634 g/mol. The number of benzene rings is 3. The van der Waals surface area contributed by atoms with E-state index in [0.717, 1.165) is 18.2 Å². The predicted molar refractivity (Wildman–Crippen MR) is 154 cm³/mol. The molecule has 8 nitrogen and oxygen atoms in total. The summed E-state index contributed by atoms with van der Waals surface area (Å²) in [5, 5.41) is 18.4. The molecule has 234 valence electrons. The number of imidazole rings is 1. The molecule has 1 aliphatic rings. The maximum absolute atomic E-state index is 15.5. The number of halogens is 5. The third-order valence-electron chi connectivity index (χ3n) is 7.56. The molecule has 0 bridgehead atoms. The molecule has 5 aromatic rings. The number of carboxylic acids is 1. The molecule has 6 rings (SSSR count). The molecule has 13 heteroatoms. The summed E-state index contributed by atoms with van der Waals surface area (Å²) in [4.78, 5) is 20.3. The summed E-state index contributed by atoms with van der Waals surface area (Å²) in [6.45, 7) is -1.08. The third kappa shape index (κ3) is 6.38. The van der Waals surface area contributed by atoms with Crippen LogP contribution in [0.5, 0.6) is 5.88 Å². The molecular weight excluding hydrogens is 611 g/mol. The van der Waals surface area contributed by atoms with Gasteiger partial charge < -0.3 is 19.1 Å². The minimum atomic E-state index is -3.02. The van der Waals surface area contributed by atoms with E-state index in [9.17, 15) is 23.1 Å². The molecule has 2 aromatic heterocycles. The molecule has 1 N–H and O–H groups in total. The van der Waals surface area contributed by atoms with Crippen LogP contribution < -0.4 is 4.74 Å². The second-order valence-electron chi connectivity index (χ2n) is 10.8. The number of nitriles is 1. The van der Waals surface area contributed by atoms with Gasteiger partial charge >= 0.3 is 5.97 Å². The topological polar surface area (TPSA) is 110 Å². The van der Waals surface area contributed by atoms with Crippen molar-refractivity contribution in [3.63, 3.8) is 0 Å². The number of rotatable bonds is 9. The van der Waals surface area contributed by atoms with Crippen molar-refractivity contribution in [1.82, 2.24) is 14.5 Å². The number of hydrogen-bond donors (Lipinski definition) is 1. The van der Waals surface area contributed by atoms with E-state index in [0.29, 0.717) is 11.0 Å². The van der Waals surface area contributed by atoms with E-state index in [4.69, 9.17) is 14.7 Å². The van der Waals surface area contributed by atoms with Gasteiger partial charge in [0.15, 0.2) is 0 Å². The highest BCUT2D eigenvalue weighted by Crippen LogP contribution is 2.32. The second-order valence-corrected chi connectivity index (χ2v) is 10.8. The molecule has 1 saturated heterocycles. The van der Waals surface area contributed by atoms with Crippen molar-refractivity contribution in [1.29, 1.82) is 5.26 Å². The first kappa shape index (κ1) is 30.7. The molecule has 1 unspecified atom stereocenters. The van der Waals surface area contributed by atoms with E-state index in [1.165, 1.54) is 53.1 Å². The van der Waals surface area contributed by atoms with Crippen LogP contribution >= 0.6 is 0 Å². The summed E-state index contributed by atoms with van der Waals surface area (Å²) >= 11 is 0. The van der Waals surface area contributed by atoms with Gasteiger partial charge in [0.2, 0.25) is 5.88 Å². The first-order valence-corrected chi connectivity index (χ1v) is 14.0. The van der Waals surface area contributed by atoms with Gasteiger partial charge in [-0.3, -0.25) is 0 Å². The van der Waals surface area contributed by atoms with Crippen LogP contribution in [0.2, 0.25) is 0 Å². The van der Waals surface area contributed by atoms with Crippen LogP contribution in [0.15, 0.2) is 66.7 Å². The first-order chi connectivity index (χ1) is 22.0. The Morgan fingerprint density at radius 3 is 2.54 bits per heavy atom. The lowest BCUT2D eigenvalue weighted by Crippen LogP contribution is -2.19. The first-order valence-electron chi connectivity index (χ1n) is 14.0. The van der Waals surface area contributed by atoms with E-state index in [-0.39, 0.29) is 64.8 Å². The fourth-order valence-electron chi connectivity index (χ4n) is 5.28. The third-order valence-corrected chi connectivity index (χ3v) is 7.56. The largest absolute Gasteiger partial charge is 0.478 e. The Hall–Kier alpha value is -5.35. The highest BCUT2D eigenvalue weighted by molar-refractivity contribution is 5.92. The summed E-state index contributed by atoms with van der Waals surface area (Å²) in [6, 6.07) is 16.3. The molecule has 0 aliphatic carbocycles. The van der Waals surface area contributed by atoms with Gasteiger partial charge in [-0.2, -0.15) is 5.26 Å². The molecule has 1 atom stereocenters. The number of ether oxygens (including phenoxy) is 2. The Kier molecular flexibility index (Phi) is 8.14. The van der Waals surface area contributed by atoms with Crippen molar-refractivity contribution in [3.05, 3.63) is 112 Å². The number of carbonyl (C=O) groups is 1. The van der Waals surface area contributed by atoms with Gasteiger partial charge in [-0.1, -0.05) is 12.1 Å². The zero-order valence-corrected chi connectivity index (χ0v) is 23.8. The highest BCUT2D eigenvalue weighted by Gasteiger charge is 2.41. The molecule has 0 amide bonds. The summed E-state index contributed by atoms with van der Waals surface area (Å²) in [7, 11) is 0. The lowest BCUT2D eigenvalue weighted by molar-refractivity contribution is -0.0105. The smallest absolute Gasteiger partial charge is 0.335 e. The standard InChI is InChI=1S/C33H23F5N4O4/c34-24-8-18(14-39)4-5-20(24)16-45-31-3-1-2-27(41-31)23-12-25(35)21(9-26(23)36)11-30-40-28-7-6-19(32(43)44)10-29(28)42(30)15-22-13-33(37,38)17-46-22/h1-10,12,22H,11,13,15-17H2,(H,43,44). The molecule has 3 aromatic carbocycles. The quantitative estimate of drug-likeness (QED) is 0.180. The van der Waals surface area contributed by atoms with Gasteiger partial charge in [-0.05, 0) is 54.1 Å². The zero-order valence-electron chi connectivity index (χ0n) is 23.8. The van der Waals surface area contributed by atoms with Gasteiger partial charge in [-0.25, -0.2) is 36.7 Å². The zero-order chi connectivity index (χ0) is 32.6. The van der Waals surface area contributed by atoms with E-state index in [2.05, 4.69) is 9.97 Å². The molecule has 0 spiro atoms. The van der Waals surface area contributed by atoms with Crippen LogP contribution in [0.3, 0.4) is 0 Å². The Bertz CT molecular complexity index is 2020. The number of nitrogens with zero attached hydrogens (tertiary/aromatic N) is 4. The van der Waals surface area contributed by atoms with Crippen LogP contribution in [-0.4, -0.2) is 44.2 Å². The van der Waals surface area contributed by atoms with Gasteiger partial charge in [0.1, 0.15) is 36.5 Å². The fourth-order valence-corrected chi connectivity index (χ4v) is 5.28. The molecule has 0 saturated carbocycles. The number of aromatic nitrogens is 3. The minimum Gasteiger partial charge on any atom is -0.478 e. The van der Waals surface area contributed by atoms with E-state index < -0.39 is 48.5 Å². The maximum Gasteiger partial charge on any atom is 0.335 e. The summed E-state index contributed by atoms with van der Waals surface area (Å²) in [6.07, 6.45) is -1.70. The molecule has 3 heterocycles. The van der Waals surface area contributed by atoms with Crippen LogP contribution in [0.25, 0.3) is 22.3 Å². The van der Waals surface area contributed by atoms with Gasteiger partial charge in [-0.15, -0.1) is 0 Å². The average Bonchev–Trinajstić information content (AvgIpc) is 3.55. The Balaban J connectivity index is 1.27. The Labute approximate surface area is 258 Å². The Morgan fingerprint density at radius 2 is 1.83 bits per heavy atom. The summed E-state index contributed by atoms with van der Waals surface area (Å²) in [5.74, 6) is -6.23. The summed E-state index contributed by atoms with van der Waals surface area (Å²) in [5.41, 5.74) is 0.742. The normalized spacial score (nSPS) is 15.6. The lowest BCUT2D eigenvalue weighted by Gasteiger charge is -2.15. The highest BCUT2D eigenvalue weighted by atomic mass is 19.3. The van der Waals surface area contributed by atoms with Crippen molar-refractivity contribution < 1.29 is 41.3 Å². The van der Waals surface area contributed by atoms with Crippen LogP contribution in [0.4, 0.5) is 22.0 Å². The number of hydrogen-bond acceptors (Lipinski definition) is 6. The number of aromatic carboxylic acids is 1. The average molecular weight is 635 g/mol. The molecule has 1 aliphatic heterocycles. The number of pyridine rings is 1. The summed E-state index contributed by atoms with van der Waals surface area (Å²) < 4.78 is 85.2. The second kappa shape index (κ2) is 12.2. The van der Waals surface area contributed by atoms with Crippen LogP contribution in [-0.2, 0) is 24.3 Å². The Morgan fingerprint density at radius 1 is 1.02 bits per heavy atom. The van der Waals surface area contributed by atoms with E-state index >= 15 is 8.78 Å². The van der Waals surface area contributed by atoms with Crippen molar-refractivity contribution in [2.75, 3.05) is 6.61 Å². The molecule has 1 fully saturated rings. The molecular formula is C33H23F5N4O4. The van der Waals surface area contributed by atoms with Crippen molar-refractivity contribution in [2.24, 2.45) is 0 Å². The molecule has 46 heavy (non-hydrogen) atoms. The lowest BCUT2D eigenvalue weighted by atomic mass is 10.0. The van der Waals surface area contributed by atoms with Crippen molar-refractivity contribution in [2.45, 2.75) is 38.0 Å². The molecule has 0 radical (unpaired) electrons. The van der Waals surface area contributed by atoms with E-state index in [1.54, 1.807) is 0 Å². The SMILES string of the molecule is N#Cc1ccc(COc2cccc(-c3cc(F)c(Cc4nc5ccc(C(=O)O)cc5n4CC4CC(F)(F)CO4)cc3F)n2)c(F)c1. The van der Waals surface area contributed by atoms with Gasteiger partial charge in [0.25, 0.3) is 5.92 Å². The maximum atomic E-state index is 15.5. The van der Waals surface area contributed by atoms with Crippen molar-refractivity contribution >= 4 is 17.0 Å². The van der Waals surface area contributed by atoms with E-state index in [1.807, 2.05) is 6.07 Å². The van der Waals surface area contributed by atoms with Gasteiger partial charge in [0.05, 0.1) is 46.6 Å². The predicted octanol–water partition coefficient (Wildman–Crippen LogP) is 6.68. The van der Waals surface area contributed by atoms with Crippen LogP contribution in [0.1, 0.15) is 39.3 Å². The number of fused-ring (bicyclic) bond motifs is 1. The van der Waals surface area contributed by atoms with Crippen molar-refractivity contribution in [3.8, 4) is 23.2 Å². The van der Waals surface area contributed by atoms with Crippen LogP contribution in [0, 0.1) is 28.8 Å².